The standard InChI is InChI=1S/C15H25NO3/c1-11-6-5-7-15(13(11)3)16-8-14(17)10-19-12(2)9-18-4/h5-7,12,14,16-17H,8-10H2,1-4H3. The first-order valence-electron chi connectivity index (χ1n) is 6.63. The number of hydrogen-bond donors (Lipinski definition) is 2. The number of aryl methyl sites for hydroxylation is 1. The Morgan fingerprint density at radius 1 is 1.26 bits per heavy atom. The van der Waals surface area contributed by atoms with Gasteiger partial charge in [-0.25, -0.2) is 0 Å². The molecule has 0 spiro atoms. The molecule has 1 rings (SSSR count). The summed E-state index contributed by atoms with van der Waals surface area (Å²) in [4.78, 5) is 0. The van der Waals surface area contributed by atoms with Crippen LogP contribution >= 0.6 is 0 Å². The van der Waals surface area contributed by atoms with E-state index in [2.05, 4.69) is 25.2 Å². The van der Waals surface area contributed by atoms with Gasteiger partial charge in [0.25, 0.3) is 0 Å². The second-order valence-corrected chi connectivity index (χ2v) is 4.88. The Balaban J connectivity index is 2.33. The quantitative estimate of drug-likeness (QED) is 0.757. The van der Waals surface area contributed by atoms with Gasteiger partial charge in [-0.05, 0) is 38.0 Å². The fraction of sp³-hybridized carbons (Fsp3) is 0.600. The minimum absolute atomic E-state index is 0.000329. The highest BCUT2D eigenvalue weighted by atomic mass is 16.5. The number of aliphatic hydroxyl groups excluding tert-OH is 1. The maximum atomic E-state index is 9.86. The predicted octanol–water partition coefficient (Wildman–Crippen LogP) is 2.13. The molecule has 4 nitrogen and oxygen atoms in total. The molecule has 19 heavy (non-hydrogen) atoms. The number of nitrogens with one attached hydrogen (secondary N) is 1. The van der Waals surface area contributed by atoms with Crippen molar-refractivity contribution in [3.05, 3.63) is 29.3 Å². The Morgan fingerprint density at radius 3 is 2.68 bits per heavy atom. The van der Waals surface area contributed by atoms with Crippen LogP contribution in [-0.2, 0) is 9.47 Å². The van der Waals surface area contributed by atoms with E-state index in [0.717, 1.165) is 5.69 Å². The van der Waals surface area contributed by atoms with Gasteiger partial charge in [0.15, 0.2) is 0 Å². The zero-order valence-electron chi connectivity index (χ0n) is 12.3. The van der Waals surface area contributed by atoms with E-state index in [4.69, 9.17) is 9.47 Å². The Morgan fingerprint density at radius 2 is 2.00 bits per heavy atom. The number of anilines is 1. The lowest BCUT2D eigenvalue weighted by molar-refractivity contribution is -0.0282. The molecule has 1 aromatic carbocycles. The predicted molar refractivity (Wildman–Crippen MR) is 77.7 cm³/mol. The third kappa shape index (κ3) is 5.59. The molecular weight excluding hydrogens is 242 g/mol. The molecular formula is C15H25NO3. The molecule has 4 heteroatoms. The SMILES string of the molecule is COCC(C)OCC(O)CNc1cccc(C)c1C. The molecule has 1 aromatic rings. The first kappa shape index (κ1) is 16.0. The molecule has 0 aliphatic rings. The largest absolute Gasteiger partial charge is 0.389 e. The van der Waals surface area contributed by atoms with Crippen molar-refractivity contribution in [3.8, 4) is 0 Å². The number of methoxy groups -OCH3 is 1. The van der Waals surface area contributed by atoms with Crippen molar-refractivity contribution in [2.45, 2.75) is 33.0 Å². The Hall–Kier alpha value is -1.10. The van der Waals surface area contributed by atoms with E-state index in [0.29, 0.717) is 19.8 Å². The summed E-state index contributed by atoms with van der Waals surface area (Å²) in [6.07, 6.45) is -0.528. The minimum Gasteiger partial charge on any atom is -0.389 e. The van der Waals surface area contributed by atoms with Crippen molar-refractivity contribution in [1.29, 1.82) is 0 Å². The van der Waals surface area contributed by atoms with Crippen molar-refractivity contribution in [1.82, 2.24) is 0 Å². The molecule has 0 aliphatic carbocycles. The average molecular weight is 267 g/mol. The summed E-state index contributed by atoms with van der Waals surface area (Å²) < 4.78 is 10.4. The van der Waals surface area contributed by atoms with E-state index >= 15 is 0 Å². The van der Waals surface area contributed by atoms with E-state index in [-0.39, 0.29) is 6.10 Å². The fourth-order valence-electron chi connectivity index (χ4n) is 1.79. The molecule has 0 fully saturated rings. The van der Waals surface area contributed by atoms with Crippen LogP contribution in [0.25, 0.3) is 0 Å². The lowest BCUT2D eigenvalue weighted by Crippen LogP contribution is -2.28. The van der Waals surface area contributed by atoms with Crippen molar-refractivity contribution in [2.24, 2.45) is 0 Å². The first-order valence-corrected chi connectivity index (χ1v) is 6.63. The van der Waals surface area contributed by atoms with Crippen LogP contribution in [0.4, 0.5) is 5.69 Å². The van der Waals surface area contributed by atoms with Crippen LogP contribution in [0.15, 0.2) is 18.2 Å². The molecule has 0 aromatic heterocycles. The second kappa shape index (κ2) is 8.15. The highest BCUT2D eigenvalue weighted by Gasteiger charge is 2.09. The van der Waals surface area contributed by atoms with Gasteiger partial charge in [0.1, 0.15) is 0 Å². The van der Waals surface area contributed by atoms with Crippen molar-refractivity contribution in [2.75, 3.05) is 32.2 Å². The minimum atomic E-state index is -0.529. The van der Waals surface area contributed by atoms with Crippen LogP contribution in [0.2, 0.25) is 0 Å². The molecule has 2 atom stereocenters. The highest BCUT2D eigenvalue weighted by Crippen LogP contribution is 2.17. The summed E-state index contributed by atoms with van der Waals surface area (Å²) in [6.45, 7) is 7.39. The third-order valence-electron chi connectivity index (χ3n) is 3.11. The molecule has 0 bridgehead atoms. The van der Waals surface area contributed by atoms with Crippen LogP contribution in [0.1, 0.15) is 18.1 Å². The van der Waals surface area contributed by atoms with E-state index < -0.39 is 6.10 Å². The number of ether oxygens (including phenoxy) is 2. The highest BCUT2D eigenvalue weighted by molar-refractivity contribution is 5.53. The van der Waals surface area contributed by atoms with E-state index in [1.165, 1.54) is 11.1 Å². The Labute approximate surface area is 115 Å². The van der Waals surface area contributed by atoms with Gasteiger partial charge < -0.3 is 19.9 Å². The van der Waals surface area contributed by atoms with Gasteiger partial charge in [-0.1, -0.05) is 12.1 Å². The molecule has 0 saturated carbocycles. The van der Waals surface area contributed by atoms with Gasteiger partial charge in [-0.2, -0.15) is 0 Å². The summed E-state index contributed by atoms with van der Waals surface area (Å²) in [7, 11) is 1.64. The van der Waals surface area contributed by atoms with Crippen LogP contribution in [0, 0.1) is 13.8 Å². The number of rotatable bonds is 8. The molecule has 0 amide bonds. The lowest BCUT2D eigenvalue weighted by Gasteiger charge is -2.18. The van der Waals surface area contributed by atoms with E-state index in [1.807, 2.05) is 19.1 Å². The zero-order chi connectivity index (χ0) is 14.3. The second-order valence-electron chi connectivity index (χ2n) is 4.88. The molecule has 108 valence electrons. The smallest absolute Gasteiger partial charge is 0.0945 e. The van der Waals surface area contributed by atoms with Gasteiger partial charge in [-0.15, -0.1) is 0 Å². The summed E-state index contributed by atoms with van der Waals surface area (Å²) >= 11 is 0. The molecule has 0 radical (unpaired) electrons. The average Bonchev–Trinajstić information content (AvgIpc) is 2.38. The van der Waals surface area contributed by atoms with E-state index in [1.54, 1.807) is 7.11 Å². The maximum Gasteiger partial charge on any atom is 0.0945 e. The molecule has 2 unspecified atom stereocenters. The summed E-state index contributed by atoms with van der Waals surface area (Å²) in [5.41, 5.74) is 3.51. The number of aliphatic hydroxyl groups is 1. The number of benzene rings is 1. The van der Waals surface area contributed by atoms with Crippen molar-refractivity contribution < 1.29 is 14.6 Å². The number of hydrogen-bond acceptors (Lipinski definition) is 4. The van der Waals surface area contributed by atoms with Gasteiger partial charge in [0, 0.05) is 19.3 Å². The lowest BCUT2D eigenvalue weighted by atomic mass is 10.1. The Bertz CT molecular complexity index is 382. The van der Waals surface area contributed by atoms with Gasteiger partial charge in [0.05, 0.1) is 25.4 Å². The van der Waals surface area contributed by atoms with Crippen LogP contribution < -0.4 is 5.32 Å². The summed E-state index contributed by atoms with van der Waals surface area (Å²) in [5.74, 6) is 0. The van der Waals surface area contributed by atoms with Gasteiger partial charge in [-0.3, -0.25) is 0 Å². The van der Waals surface area contributed by atoms with Crippen LogP contribution in [0.3, 0.4) is 0 Å². The summed E-state index contributed by atoms with van der Waals surface area (Å²) in [5, 5.41) is 13.1. The maximum absolute atomic E-state index is 9.86. The molecule has 0 aliphatic heterocycles. The molecule has 0 heterocycles. The van der Waals surface area contributed by atoms with Crippen molar-refractivity contribution >= 4 is 5.69 Å². The van der Waals surface area contributed by atoms with E-state index in [9.17, 15) is 5.11 Å². The van der Waals surface area contributed by atoms with Gasteiger partial charge >= 0.3 is 0 Å². The first-order chi connectivity index (χ1) is 9.04. The van der Waals surface area contributed by atoms with Crippen molar-refractivity contribution in [3.63, 3.8) is 0 Å². The van der Waals surface area contributed by atoms with Crippen LogP contribution in [-0.4, -0.2) is 44.2 Å². The monoisotopic (exact) mass is 267 g/mol. The normalized spacial score (nSPS) is 14.2. The van der Waals surface area contributed by atoms with Crippen LogP contribution in [0.5, 0.6) is 0 Å². The topological polar surface area (TPSA) is 50.7 Å². The molecule has 2 N–H and O–H groups in total. The molecule has 0 saturated heterocycles. The van der Waals surface area contributed by atoms with Gasteiger partial charge in [0.2, 0.25) is 0 Å². The summed E-state index contributed by atoms with van der Waals surface area (Å²) in [6, 6.07) is 6.10. The Kier molecular flexibility index (Phi) is 6.84. The third-order valence-corrected chi connectivity index (χ3v) is 3.11. The zero-order valence-corrected chi connectivity index (χ0v) is 12.3. The fourth-order valence-corrected chi connectivity index (χ4v) is 1.79.